The maximum Gasteiger partial charge on any atom is 0.257 e. The molecule has 2 fully saturated rings. The Morgan fingerprint density at radius 3 is 2.69 bits per heavy atom. The number of nitrogens with one attached hydrogen (secondary N) is 1. The lowest BCUT2D eigenvalue weighted by Crippen LogP contribution is -2.35. The van der Waals surface area contributed by atoms with Crippen LogP contribution in [0.2, 0.25) is 0 Å². The van der Waals surface area contributed by atoms with Crippen LogP contribution in [0, 0.1) is 24.6 Å². The summed E-state index contributed by atoms with van der Waals surface area (Å²) < 4.78 is 14.5. The van der Waals surface area contributed by atoms with Crippen molar-refractivity contribution in [3.63, 3.8) is 0 Å². The number of halogens is 3. The van der Waals surface area contributed by atoms with Crippen LogP contribution in [0.15, 0.2) is 42.5 Å². The van der Waals surface area contributed by atoms with E-state index in [1.165, 1.54) is 17.2 Å². The minimum atomic E-state index is -0.459. The van der Waals surface area contributed by atoms with E-state index in [1.54, 1.807) is 12.1 Å². The molecule has 2 aliphatic rings. The largest absolute Gasteiger partial charge is 0.331 e. The topological polar surface area (TPSA) is 58.4 Å². The first kappa shape index (κ1) is 23.6. The number of rotatable bonds is 4. The molecule has 1 amide bonds. The van der Waals surface area contributed by atoms with Crippen molar-refractivity contribution in [3.8, 4) is 0 Å². The fourth-order valence-electron chi connectivity index (χ4n) is 4.66. The molecule has 0 bridgehead atoms. The van der Waals surface area contributed by atoms with Gasteiger partial charge in [0, 0.05) is 25.6 Å². The smallest absolute Gasteiger partial charge is 0.257 e. The summed E-state index contributed by atoms with van der Waals surface area (Å²) >= 11 is 0. The first-order valence-corrected chi connectivity index (χ1v) is 9.66. The zero-order valence-electron chi connectivity index (χ0n) is 16.4. The van der Waals surface area contributed by atoms with Gasteiger partial charge in [-0.25, -0.2) is 4.39 Å². The summed E-state index contributed by atoms with van der Waals surface area (Å²) in [6.45, 7) is 5.02. The van der Waals surface area contributed by atoms with Crippen molar-refractivity contribution in [2.45, 2.75) is 19.4 Å². The monoisotopic (exact) mass is 439 g/mol. The van der Waals surface area contributed by atoms with Crippen molar-refractivity contribution < 1.29 is 9.18 Å². The Balaban J connectivity index is 0.00000150. The molecule has 4 nitrogen and oxygen atoms in total. The lowest BCUT2D eigenvalue weighted by Gasteiger charge is -2.30. The summed E-state index contributed by atoms with van der Waals surface area (Å²) in [6.07, 6.45) is 0.636. The van der Waals surface area contributed by atoms with E-state index in [9.17, 15) is 9.18 Å². The SMILES string of the molecule is Cc1ccccc1[C@@H]1[C@H]2CNC[C@H]2CN1C(=O)c1cc(CCN)ccc1F.Cl.Cl. The van der Waals surface area contributed by atoms with Crippen molar-refractivity contribution in [2.75, 3.05) is 26.2 Å². The van der Waals surface area contributed by atoms with E-state index in [2.05, 4.69) is 24.4 Å². The number of likely N-dealkylation sites (tertiary alicyclic amines) is 1. The molecule has 2 saturated heterocycles. The Labute approximate surface area is 183 Å². The van der Waals surface area contributed by atoms with E-state index >= 15 is 0 Å². The molecule has 2 aromatic rings. The van der Waals surface area contributed by atoms with Gasteiger partial charge in [0.1, 0.15) is 5.82 Å². The van der Waals surface area contributed by atoms with Crippen molar-refractivity contribution in [2.24, 2.45) is 17.6 Å². The zero-order valence-corrected chi connectivity index (χ0v) is 18.1. The number of benzene rings is 2. The van der Waals surface area contributed by atoms with Gasteiger partial charge in [0.05, 0.1) is 11.6 Å². The van der Waals surface area contributed by atoms with Crippen molar-refractivity contribution in [3.05, 3.63) is 70.5 Å². The highest BCUT2D eigenvalue weighted by molar-refractivity contribution is 5.95. The van der Waals surface area contributed by atoms with Gasteiger partial charge >= 0.3 is 0 Å². The minimum Gasteiger partial charge on any atom is -0.331 e. The maximum atomic E-state index is 14.5. The average Bonchev–Trinajstić information content (AvgIpc) is 3.25. The Morgan fingerprint density at radius 2 is 1.97 bits per heavy atom. The van der Waals surface area contributed by atoms with Crippen LogP contribution in [0.1, 0.15) is 33.1 Å². The zero-order chi connectivity index (χ0) is 19.0. The second-order valence-electron chi connectivity index (χ2n) is 7.69. The molecule has 0 aromatic heterocycles. The van der Waals surface area contributed by atoms with Gasteiger partial charge in [0.25, 0.3) is 5.91 Å². The third-order valence-electron chi connectivity index (χ3n) is 6.03. The molecule has 7 heteroatoms. The van der Waals surface area contributed by atoms with E-state index in [0.717, 1.165) is 18.7 Å². The standard InChI is InChI=1S/C22H26FN3O.2ClH/c1-14-4-2-3-5-17(14)21-19-12-25-11-16(19)13-26(21)22(27)18-10-15(8-9-24)6-7-20(18)23;;/h2-7,10,16,19,21,25H,8-9,11-13,24H2,1H3;2*1H/t16-,19-,21+;;/m0../s1. The molecule has 3 atom stereocenters. The van der Waals surface area contributed by atoms with Crippen LogP contribution in [0.4, 0.5) is 4.39 Å². The highest BCUT2D eigenvalue weighted by Gasteiger charge is 2.47. The number of aryl methyl sites for hydroxylation is 1. The summed E-state index contributed by atoms with van der Waals surface area (Å²) in [5.74, 6) is 0.104. The summed E-state index contributed by atoms with van der Waals surface area (Å²) in [5, 5.41) is 3.45. The van der Waals surface area contributed by atoms with Crippen molar-refractivity contribution >= 4 is 30.7 Å². The van der Waals surface area contributed by atoms with Crippen LogP contribution in [0.5, 0.6) is 0 Å². The predicted octanol–water partition coefficient (Wildman–Crippen LogP) is 3.51. The lowest BCUT2D eigenvalue weighted by molar-refractivity contribution is 0.0708. The molecule has 0 unspecified atom stereocenters. The molecule has 158 valence electrons. The van der Waals surface area contributed by atoms with Gasteiger partial charge in [0.15, 0.2) is 0 Å². The third kappa shape index (κ3) is 4.43. The van der Waals surface area contributed by atoms with Gasteiger partial charge in [-0.1, -0.05) is 30.3 Å². The fourth-order valence-corrected chi connectivity index (χ4v) is 4.66. The van der Waals surface area contributed by atoms with Crippen molar-refractivity contribution in [1.82, 2.24) is 10.2 Å². The molecular formula is C22H28Cl2FN3O. The van der Waals surface area contributed by atoms with Gasteiger partial charge in [-0.05, 0) is 54.6 Å². The van der Waals surface area contributed by atoms with Gasteiger partial charge in [-0.2, -0.15) is 0 Å². The number of hydrogen-bond acceptors (Lipinski definition) is 3. The first-order chi connectivity index (χ1) is 13.1. The molecule has 4 rings (SSSR count). The number of amides is 1. The van der Waals surface area contributed by atoms with E-state index in [4.69, 9.17) is 5.73 Å². The van der Waals surface area contributed by atoms with Crippen molar-refractivity contribution in [1.29, 1.82) is 0 Å². The molecule has 3 N–H and O–H groups in total. The molecule has 0 spiro atoms. The van der Waals surface area contributed by atoms with Gasteiger partial charge < -0.3 is 16.0 Å². The first-order valence-electron chi connectivity index (χ1n) is 9.66. The Hall–Kier alpha value is -1.66. The minimum absolute atomic E-state index is 0. The summed E-state index contributed by atoms with van der Waals surface area (Å²) in [4.78, 5) is 15.3. The molecular weight excluding hydrogens is 412 g/mol. The van der Waals surface area contributed by atoms with Crippen LogP contribution in [0.3, 0.4) is 0 Å². The number of fused-ring (bicyclic) bond motifs is 1. The highest BCUT2D eigenvalue weighted by atomic mass is 35.5. The van der Waals surface area contributed by atoms with Crippen LogP contribution in [-0.2, 0) is 6.42 Å². The molecule has 2 aromatic carbocycles. The lowest BCUT2D eigenvalue weighted by atomic mass is 9.87. The molecule has 0 aliphatic carbocycles. The summed E-state index contributed by atoms with van der Waals surface area (Å²) in [5.41, 5.74) is 9.02. The normalized spacial score (nSPS) is 22.6. The van der Waals surface area contributed by atoms with Crippen LogP contribution in [-0.4, -0.2) is 37.0 Å². The molecule has 2 heterocycles. The van der Waals surface area contributed by atoms with E-state index in [-0.39, 0.29) is 42.3 Å². The van der Waals surface area contributed by atoms with Crippen LogP contribution >= 0.6 is 24.8 Å². The van der Waals surface area contributed by atoms with Gasteiger partial charge in [-0.3, -0.25) is 4.79 Å². The quantitative estimate of drug-likeness (QED) is 0.765. The Bertz CT molecular complexity index is 864. The molecule has 29 heavy (non-hydrogen) atoms. The number of nitrogens with zero attached hydrogens (tertiary/aromatic N) is 1. The number of nitrogens with two attached hydrogens (primary N) is 1. The molecule has 0 saturated carbocycles. The van der Waals surface area contributed by atoms with E-state index < -0.39 is 5.82 Å². The molecule has 0 radical (unpaired) electrons. The Kier molecular flexibility index (Phi) is 8.06. The number of carbonyl (C=O) groups is 1. The van der Waals surface area contributed by atoms with E-state index in [1.807, 2.05) is 17.0 Å². The summed E-state index contributed by atoms with van der Waals surface area (Å²) in [6, 6.07) is 13.0. The average molecular weight is 440 g/mol. The second-order valence-corrected chi connectivity index (χ2v) is 7.69. The number of carbonyl (C=O) groups excluding carboxylic acids is 1. The third-order valence-corrected chi connectivity index (χ3v) is 6.03. The fraction of sp³-hybridized carbons (Fsp3) is 0.409. The Morgan fingerprint density at radius 1 is 1.21 bits per heavy atom. The highest BCUT2D eigenvalue weighted by Crippen LogP contribution is 2.44. The summed E-state index contributed by atoms with van der Waals surface area (Å²) in [7, 11) is 0. The maximum absolute atomic E-state index is 14.5. The second kappa shape index (κ2) is 9.90. The van der Waals surface area contributed by atoms with Crippen LogP contribution in [0.25, 0.3) is 0 Å². The van der Waals surface area contributed by atoms with Gasteiger partial charge in [-0.15, -0.1) is 24.8 Å². The van der Waals surface area contributed by atoms with Crippen LogP contribution < -0.4 is 11.1 Å². The number of hydrogen-bond donors (Lipinski definition) is 2. The van der Waals surface area contributed by atoms with Gasteiger partial charge in [0.2, 0.25) is 0 Å². The molecule has 2 aliphatic heterocycles. The predicted molar refractivity (Wildman–Crippen MR) is 118 cm³/mol. The van der Waals surface area contributed by atoms with E-state index in [0.29, 0.717) is 31.3 Å².